The van der Waals surface area contributed by atoms with Gasteiger partial charge in [0.1, 0.15) is 6.04 Å². The van der Waals surface area contributed by atoms with Crippen molar-refractivity contribution >= 4 is 17.5 Å². The summed E-state index contributed by atoms with van der Waals surface area (Å²) in [5.41, 5.74) is 1.86. The van der Waals surface area contributed by atoms with Gasteiger partial charge in [-0.2, -0.15) is 0 Å². The highest BCUT2D eigenvalue weighted by Gasteiger charge is 2.36. The summed E-state index contributed by atoms with van der Waals surface area (Å²) in [6, 6.07) is 7.43. The predicted octanol–water partition coefficient (Wildman–Crippen LogP) is 2.23. The minimum atomic E-state index is -0.417. The van der Waals surface area contributed by atoms with Crippen LogP contribution >= 0.6 is 0 Å². The number of carbonyl (C=O) groups excluding carboxylic acids is 2. The van der Waals surface area contributed by atoms with Gasteiger partial charge >= 0.3 is 0 Å². The largest absolute Gasteiger partial charge is 0.345 e. The highest BCUT2D eigenvalue weighted by atomic mass is 16.2. The van der Waals surface area contributed by atoms with Crippen LogP contribution in [0, 0.1) is 0 Å². The molecular formula is C16H22N2O2. The molecule has 4 heteroatoms. The molecule has 1 aromatic rings. The fraction of sp³-hybridized carbons (Fsp3) is 0.500. The van der Waals surface area contributed by atoms with Gasteiger partial charge in [-0.05, 0) is 23.5 Å². The second-order valence-corrected chi connectivity index (χ2v) is 6.17. The number of rotatable bonds is 2. The van der Waals surface area contributed by atoms with Gasteiger partial charge in [0.25, 0.3) is 0 Å². The lowest BCUT2D eigenvalue weighted by atomic mass is 9.85. The van der Waals surface area contributed by atoms with Gasteiger partial charge in [0.05, 0.1) is 6.54 Å². The lowest BCUT2D eigenvalue weighted by Gasteiger charge is -2.37. The van der Waals surface area contributed by atoms with Gasteiger partial charge < -0.3 is 5.32 Å². The van der Waals surface area contributed by atoms with Gasteiger partial charge in [-0.15, -0.1) is 0 Å². The molecule has 0 aromatic heterocycles. The Hall–Kier alpha value is -1.84. The van der Waals surface area contributed by atoms with Crippen molar-refractivity contribution in [3.05, 3.63) is 29.8 Å². The molecule has 1 aliphatic rings. The van der Waals surface area contributed by atoms with Crippen LogP contribution in [-0.2, 0) is 15.0 Å². The maximum absolute atomic E-state index is 12.3. The SMILES string of the molecule is CCC1C(=O)NCC(=O)N1c1ccccc1C(C)(C)C. The molecule has 2 amide bonds. The fourth-order valence-corrected chi connectivity index (χ4v) is 2.64. The Morgan fingerprint density at radius 1 is 1.25 bits per heavy atom. The predicted molar refractivity (Wildman–Crippen MR) is 79.7 cm³/mol. The molecule has 0 radical (unpaired) electrons. The molecule has 0 aliphatic carbocycles. The van der Waals surface area contributed by atoms with Crippen LogP contribution in [0.4, 0.5) is 5.69 Å². The number of hydrogen-bond acceptors (Lipinski definition) is 2. The number of nitrogens with zero attached hydrogens (tertiary/aromatic N) is 1. The van der Waals surface area contributed by atoms with E-state index in [1.807, 2.05) is 31.2 Å². The minimum absolute atomic E-state index is 0.0480. The molecule has 1 fully saturated rings. The Balaban J connectivity index is 2.53. The van der Waals surface area contributed by atoms with E-state index in [4.69, 9.17) is 0 Å². The zero-order chi connectivity index (χ0) is 14.9. The van der Waals surface area contributed by atoms with Crippen LogP contribution in [0.15, 0.2) is 24.3 Å². The number of piperazine rings is 1. The van der Waals surface area contributed by atoms with Gasteiger partial charge in [-0.25, -0.2) is 0 Å². The Labute approximate surface area is 120 Å². The second-order valence-electron chi connectivity index (χ2n) is 6.17. The van der Waals surface area contributed by atoms with Crippen molar-refractivity contribution in [2.24, 2.45) is 0 Å². The third kappa shape index (κ3) is 2.55. The summed E-state index contributed by atoms with van der Waals surface area (Å²) in [4.78, 5) is 26.0. The van der Waals surface area contributed by atoms with E-state index in [1.165, 1.54) is 0 Å². The summed E-state index contributed by atoms with van der Waals surface area (Å²) in [5.74, 6) is -0.121. The number of para-hydroxylation sites is 1. The molecule has 108 valence electrons. The van der Waals surface area contributed by atoms with Crippen molar-refractivity contribution in [2.45, 2.75) is 45.6 Å². The van der Waals surface area contributed by atoms with Crippen LogP contribution in [-0.4, -0.2) is 24.4 Å². The summed E-state index contributed by atoms with van der Waals surface area (Å²) in [5, 5.41) is 2.66. The van der Waals surface area contributed by atoms with Gasteiger partial charge in [0.15, 0.2) is 0 Å². The first-order chi connectivity index (χ1) is 9.36. The molecule has 0 bridgehead atoms. The maximum atomic E-state index is 12.3. The van der Waals surface area contributed by atoms with Gasteiger partial charge in [-0.1, -0.05) is 45.9 Å². The molecule has 1 N–H and O–H groups in total. The van der Waals surface area contributed by atoms with E-state index in [9.17, 15) is 9.59 Å². The molecule has 1 aliphatic heterocycles. The zero-order valence-corrected chi connectivity index (χ0v) is 12.6. The maximum Gasteiger partial charge on any atom is 0.247 e. The zero-order valence-electron chi connectivity index (χ0n) is 12.6. The Bertz CT molecular complexity index is 532. The number of benzene rings is 1. The van der Waals surface area contributed by atoms with E-state index in [2.05, 4.69) is 26.1 Å². The first kappa shape index (κ1) is 14.6. The Kier molecular flexibility index (Phi) is 3.84. The van der Waals surface area contributed by atoms with Crippen molar-refractivity contribution in [3.8, 4) is 0 Å². The topological polar surface area (TPSA) is 49.4 Å². The molecule has 1 aromatic carbocycles. The van der Waals surface area contributed by atoms with E-state index >= 15 is 0 Å². The quantitative estimate of drug-likeness (QED) is 0.899. The molecule has 20 heavy (non-hydrogen) atoms. The summed E-state index contributed by atoms with van der Waals surface area (Å²) in [7, 11) is 0. The van der Waals surface area contributed by atoms with Crippen molar-refractivity contribution in [3.63, 3.8) is 0 Å². The average molecular weight is 274 g/mol. The third-order valence-electron chi connectivity index (χ3n) is 3.66. The van der Waals surface area contributed by atoms with E-state index in [0.29, 0.717) is 6.42 Å². The van der Waals surface area contributed by atoms with Crippen LogP contribution < -0.4 is 10.2 Å². The molecule has 4 nitrogen and oxygen atoms in total. The van der Waals surface area contributed by atoms with Gasteiger partial charge in [-0.3, -0.25) is 14.5 Å². The number of nitrogens with one attached hydrogen (secondary N) is 1. The highest BCUT2D eigenvalue weighted by Crippen LogP contribution is 2.33. The van der Waals surface area contributed by atoms with Crippen LogP contribution in [0.5, 0.6) is 0 Å². The third-order valence-corrected chi connectivity index (χ3v) is 3.66. The van der Waals surface area contributed by atoms with E-state index in [-0.39, 0.29) is 23.8 Å². The fourth-order valence-electron chi connectivity index (χ4n) is 2.64. The summed E-state index contributed by atoms with van der Waals surface area (Å²) < 4.78 is 0. The van der Waals surface area contributed by atoms with Crippen LogP contribution in [0.1, 0.15) is 39.7 Å². The molecule has 1 heterocycles. The summed E-state index contributed by atoms with van der Waals surface area (Å²) in [6.07, 6.45) is 0.607. The smallest absolute Gasteiger partial charge is 0.247 e. The first-order valence-electron chi connectivity index (χ1n) is 7.05. The van der Waals surface area contributed by atoms with Gasteiger partial charge in [0.2, 0.25) is 11.8 Å². The van der Waals surface area contributed by atoms with Crippen molar-refractivity contribution in [1.29, 1.82) is 0 Å². The van der Waals surface area contributed by atoms with Crippen LogP contribution in [0.2, 0.25) is 0 Å². The molecule has 1 unspecified atom stereocenters. The second kappa shape index (κ2) is 5.27. The normalized spacial score (nSPS) is 20.0. The number of hydrogen-bond donors (Lipinski definition) is 1. The van der Waals surface area contributed by atoms with Crippen molar-refractivity contribution < 1.29 is 9.59 Å². The highest BCUT2D eigenvalue weighted by molar-refractivity contribution is 6.07. The van der Waals surface area contributed by atoms with Crippen LogP contribution in [0.3, 0.4) is 0 Å². The minimum Gasteiger partial charge on any atom is -0.345 e. The van der Waals surface area contributed by atoms with E-state index in [0.717, 1.165) is 11.3 Å². The monoisotopic (exact) mass is 274 g/mol. The molecule has 0 saturated carbocycles. The number of carbonyl (C=O) groups is 2. The Morgan fingerprint density at radius 2 is 1.90 bits per heavy atom. The van der Waals surface area contributed by atoms with Crippen molar-refractivity contribution in [2.75, 3.05) is 11.4 Å². The summed E-state index contributed by atoms with van der Waals surface area (Å²) in [6.45, 7) is 8.34. The van der Waals surface area contributed by atoms with Crippen LogP contribution in [0.25, 0.3) is 0 Å². The van der Waals surface area contributed by atoms with Gasteiger partial charge in [0, 0.05) is 5.69 Å². The van der Waals surface area contributed by atoms with E-state index < -0.39 is 6.04 Å². The average Bonchev–Trinajstić information content (AvgIpc) is 2.40. The molecule has 0 spiro atoms. The lowest BCUT2D eigenvalue weighted by molar-refractivity contribution is -0.131. The number of amides is 2. The van der Waals surface area contributed by atoms with Crippen molar-refractivity contribution in [1.82, 2.24) is 5.32 Å². The first-order valence-corrected chi connectivity index (χ1v) is 7.05. The molecular weight excluding hydrogens is 252 g/mol. The Morgan fingerprint density at radius 3 is 2.50 bits per heavy atom. The molecule has 1 saturated heterocycles. The number of anilines is 1. The molecule has 1 atom stereocenters. The van der Waals surface area contributed by atoms with E-state index in [1.54, 1.807) is 4.90 Å². The standard InChI is InChI=1S/C16H22N2O2/c1-5-12-15(20)17-10-14(19)18(12)13-9-7-6-8-11(13)16(2,3)4/h6-9,12H,5,10H2,1-4H3,(H,17,20). The summed E-state index contributed by atoms with van der Waals surface area (Å²) >= 11 is 0. The molecule has 2 rings (SSSR count). The lowest BCUT2D eigenvalue weighted by Crippen LogP contribution is -2.58.